The van der Waals surface area contributed by atoms with Crippen LogP contribution in [0.15, 0.2) is 40.2 Å². The summed E-state index contributed by atoms with van der Waals surface area (Å²) in [6.45, 7) is 5.38. The van der Waals surface area contributed by atoms with Gasteiger partial charge in [0.25, 0.3) is 0 Å². The molecule has 18 heavy (non-hydrogen) atoms. The maximum Gasteiger partial charge on any atom is 0.240 e. The molecule has 0 aliphatic rings. The second-order valence-corrected chi connectivity index (χ2v) is 6.53. The fourth-order valence-electron chi connectivity index (χ4n) is 1.30. The van der Waals surface area contributed by atoms with Crippen molar-refractivity contribution in [1.82, 2.24) is 4.72 Å². The molecule has 6 heteroatoms. The number of hydrogen-bond donors (Lipinski definition) is 1. The van der Waals surface area contributed by atoms with Crippen molar-refractivity contribution >= 4 is 31.7 Å². The molecule has 1 N–H and O–H groups in total. The third-order valence-electron chi connectivity index (χ3n) is 2.24. The molecule has 0 unspecified atom stereocenters. The van der Waals surface area contributed by atoms with Gasteiger partial charge in [0, 0.05) is 23.0 Å². The van der Waals surface area contributed by atoms with Gasteiger partial charge in [-0.15, -0.1) is 0 Å². The van der Waals surface area contributed by atoms with Crippen molar-refractivity contribution in [2.45, 2.75) is 18.2 Å². The van der Waals surface area contributed by atoms with E-state index in [1.54, 1.807) is 19.1 Å². The first-order valence-electron chi connectivity index (χ1n) is 5.33. The van der Waals surface area contributed by atoms with Crippen molar-refractivity contribution in [2.24, 2.45) is 0 Å². The van der Waals surface area contributed by atoms with Gasteiger partial charge in [0.15, 0.2) is 5.78 Å². The molecule has 0 aliphatic carbocycles. The number of ketones is 1. The van der Waals surface area contributed by atoms with Crippen molar-refractivity contribution in [3.63, 3.8) is 0 Å². The van der Waals surface area contributed by atoms with Gasteiger partial charge in [-0.05, 0) is 12.1 Å². The molecular weight excluding hydrogens is 318 g/mol. The van der Waals surface area contributed by atoms with Crippen LogP contribution in [0.5, 0.6) is 0 Å². The number of carbonyl (C=O) groups excluding carboxylic acids is 1. The molecule has 0 fully saturated rings. The quantitative estimate of drug-likeness (QED) is 0.814. The highest BCUT2D eigenvalue weighted by Gasteiger charge is 2.15. The lowest BCUT2D eigenvalue weighted by molar-refractivity contribution is 0.0988. The second-order valence-electron chi connectivity index (χ2n) is 3.65. The zero-order chi connectivity index (χ0) is 13.8. The first-order chi connectivity index (χ1) is 8.36. The molecule has 98 valence electrons. The Morgan fingerprint density at radius 2 is 2.11 bits per heavy atom. The number of nitrogens with one attached hydrogen (secondary N) is 1. The highest BCUT2D eigenvalue weighted by atomic mass is 79.9. The first kappa shape index (κ1) is 15.1. The zero-order valence-electron chi connectivity index (χ0n) is 9.94. The predicted octanol–water partition coefficient (Wildman–Crippen LogP) is 2.47. The van der Waals surface area contributed by atoms with Crippen molar-refractivity contribution in [3.05, 3.63) is 40.9 Å². The van der Waals surface area contributed by atoms with Crippen LogP contribution in [0.25, 0.3) is 0 Å². The SMILES string of the molecule is C=C(Br)CNS(=O)(=O)c1cccc(C(=O)CC)c1. The minimum absolute atomic E-state index is 0.0792. The van der Waals surface area contributed by atoms with Crippen LogP contribution in [0.2, 0.25) is 0 Å². The van der Waals surface area contributed by atoms with Gasteiger partial charge in [-0.2, -0.15) is 0 Å². The summed E-state index contributed by atoms with van der Waals surface area (Å²) in [7, 11) is -3.61. The molecule has 1 aromatic carbocycles. The van der Waals surface area contributed by atoms with Gasteiger partial charge in [0.2, 0.25) is 10.0 Å². The van der Waals surface area contributed by atoms with Crippen LogP contribution in [-0.2, 0) is 10.0 Å². The Morgan fingerprint density at radius 3 is 2.67 bits per heavy atom. The minimum Gasteiger partial charge on any atom is -0.294 e. The minimum atomic E-state index is -3.61. The van der Waals surface area contributed by atoms with Gasteiger partial charge in [0.05, 0.1) is 4.90 Å². The van der Waals surface area contributed by atoms with Crippen LogP contribution >= 0.6 is 15.9 Å². The monoisotopic (exact) mass is 331 g/mol. The summed E-state index contributed by atoms with van der Waals surface area (Å²) in [5.74, 6) is -0.0862. The molecule has 0 amide bonds. The molecule has 0 aliphatic heterocycles. The van der Waals surface area contributed by atoms with Crippen LogP contribution in [0.4, 0.5) is 0 Å². The normalized spacial score (nSPS) is 11.2. The maximum atomic E-state index is 11.9. The summed E-state index contributed by atoms with van der Waals surface area (Å²) in [5, 5.41) is 0. The van der Waals surface area contributed by atoms with Crippen LogP contribution in [0, 0.1) is 0 Å². The van der Waals surface area contributed by atoms with E-state index in [0.717, 1.165) is 0 Å². The number of hydrogen-bond acceptors (Lipinski definition) is 3. The summed E-state index contributed by atoms with van der Waals surface area (Å²) < 4.78 is 26.7. The standard InChI is InChI=1S/C12H14BrNO3S/c1-3-12(15)10-5-4-6-11(7-10)18(16,17)14-8-9(2)13/h4-7,14H,2-3,8H2,1H3. The Kier molecular flexibility index (Phi) is 5.25. The number of carbonyl (C=O) groups is 1. The molecule has 0 bridgehead atoms. The Balaban J connectivity index is 3.02. The molecule has 0 spiro atoms. The lowest BCUT2D eigenvalue weighted by Gasteiger charge is -2.07. The summed E-state index contributed by atoms with van der Waals surface area (Å²) in [6.07, 6.45) is 0.342. The smallest absolute Gasteiger partial charge is 0.240 e. The average Bonchev–Trinajstić information content (AvgIpc) is 2.35. The predicted molar refractivity (Wildman–Crippen MR) is 74.3 cm³/mol. The molecule has 0 heterocycles. The van der Waals surface area contributed by atoms with Crippen molar-refractivity contribution in [3.8, 4) is 0 Å². The molecule has 4 nitrogen and oxygen atoms in total. The Bertz CT molecular complexity index is 566. The summed E-state index contributed by atoms with van der Waals surface area (Å²) in [5.41, 5.74) is 0.401. The molecule has 1 aromatic rings. The highest BCUT2D eigenvalue weighted by molar-refractivity contribution is 9.11. The summed E-state index contributed by atoms with van der Waals surface area (Å²) >= 11 is 3.07. The van der Waals surface area contributed by atoms with Crippen molar-refractivity contribution in [1.29, 1.82) is 0 Å². The van der Waals surface area contributed by atoms with E-state index in [9.17, 15) is 13.2 Å². The lowest BCUT2D eigenvalue weighted by atomic mass is 10.1. The Hall–Kier alpha value is -0.980. The van der Waals surface area contributed by atoms with Gasteiger partial charge < -0.3 is 0 Å². The highest BCUT2D eigenvalue weighted by Crippen LogP contribution is 2.13. The second kappa shape index (κ2) is 6.26. The van der Waals surface area contributed by atoms with Crippen LogP contribution in [-0.4, -0.2) is 20.7 Å². The number of benzene rings is 1. The van der Waals surface area contributed by atoms with Crippen molar-refractivity contribution < 1.29 is 13.2 Å². The van der Waals surface area contributed by atoms with E-state index in [-0.39, 0.29) is 17.2 Å². The largest absolute Gasteiger partial charge is 0.294 e. The van der Waals surface area contributed by atoms with E-state index in [0.29, 0.717) is 16.5 Å². The van der Waals surface area contributed by atoms with E-state index in [1.807, 2.05) is 0 Å². The van der Waals surface area contributed by atoms with Gasteiger partial charge in [-0.3, -0.25) is 4.79 Å². The Morgan fingerprint density at radius 1 is 1.44 bits per heavy atom. The summed E-state index contributed by atoms with van der Waals surface area (Å²) in [6, 6.07) is 5.99. The Labute approximate surface area is 115 Å². The van der Waals surface area contributed by atoms with Crippen molar-refractivity contribution in [2.75, 3.05) is 6.54 Å². The molecule has 0 aromatic heterocycles. The molecular formula is C12H14BrNO3S. The zero-order valence-corrected chi connectivity index (χ0v) is 12.3. The average molecular weight is 332 g/mol. The van der Waals surface area contributed by atoms with Gasteiger partial charge in [0.1, 0.15) is 0 Å². The van der Waals surface area contributed by atoms with Gasteiger partial charge in [-0.1, -0.05) is 41.6 Å². The van der Waals surface area contributed by atoms with Gasteiger partial charge >= 0.3 is 0 Å². The third kappa shape index (κ3) is 4.04. The van der Waals surface area contributed by atoms with Crippen LogP contribution in [0.1, 0.15) is 23.7 Å². The fourth-order valence-corrected chi connectivity index (χ4v) is 2.69. The summed E-state index contributed by atoms with van der Waals surface area (Å²) in [4.78, 5) is 11.6. The van der Waals surface area contributed by atoms with E-state index in [2.05, 4.69) is 27.2 Å². The van der Waals surface area contributed by atoms with E-state index in [4.69, 9.17) is 0 Å². The van der Waals surface area contributed by atoms with Gasteiger partial charge in [-0.25, -0.2) is 13.1 Å². The molecule has 0 saturated carbocycles. The van der Waals surface area contributed by atoms with E-state index in [1.165, 1.54) is 12.1 Å². The number of halogens is 1. The fraction of sp³-hybridized carbons (Fsp3) is 0.250. The molecule has 0 atom stereocenters. The van der Waals surface area contributed by atoms with E-state index < -0.39 is 10.0 Å². The maximum absolute atomic E-state index is 11.9. The third-order valence-corrected chi connectivity index (χ3v) is 3.92. The lowest BCUT2D eigenvalue weighted by Crippen LogP contribution is -2.25. The topological polar surface area (TPSA) is 63.2 Å². The number of sulfonamides is 1. The van der Waals surface area contributed by atoms with E-state index >= 15 is 0 Å². The molecule has 1 rings (SSSR count). The first-order valence-corrected chi connectivity index (χ1v) is 7.60. The number of Topliss-reactive ketones (excluding diaryl/α,β-unsaturated/α-hetero) is 1. The van der Waals surface area contributed by atoms with Crippen LogP contribution in [0.3, 0.4) is 0 Å². The number of rotatable bonds is 6. The molecule has 0 radical (unpaired) electrons. The van der Waals surface area contributed by atoms with Crippen LogP contribution < -0.4 is 4.72 Å². The molecule has 0 saturated heterocycles.